The average Bonchev–Trinajstić information content (AvgIpc) is 0.840. The molecule has 0 saturated carbocycles. The minimum atomic E-state index is -2.20. The van der Waals surface area contributed by atoms with Crippen molar-refractivity contribution in [2.45, 2.75) is 85.7 Å². The van der Waals surface area contributed by atoms with E-state index in [2.05, 4.69) is 183 Å². The van der Waals surface area contributed by atoms with Crippen LogP contribution in [0.2, 0.25) is 13.1 Å². The van der Waals surface area contributed by atoms with Crippen LogP contribution in [0.25, 0.3) is 38.2 Å². The quantitative estimate of drug-likeness (QED) is 0.0160. The summed E-state index contributed by atoms with van der Waals surface area (Å²) >= 11 is 0. The van der Waals surface area contributed by atoms with Crippen molar-refractivity contribution in [2.24, 2.45) is 0 Å². The number of ketones is 1. The van der Waals surface area contributed by atoms with Gasteiger partial charge >= 0.3 is 15.4 Å². The number of allylic oxidation sites excluding steroid dienone is 6. The molecule has 1 aliphatic carbocycles. The Kier molecular flexibility index (Phi) is 19.9. The predicted octanol–water partition coefficient (Wildman–Crippen LogP) is 11.7. The predicted molar refractivity (Wildman–Crippen MR) is 354 cm³/mol. The van der Waals surface area contributed by atoms with Crippen molar-refractivity contribution >= 4 is 78.8 Å². The van der Waals surface area contributed by atoms with Gasteiger partial charge in [0.15, 0.2) is 11.5 Å². The van der Waals surface area contributed by atoms with Crippen LogP contribution < -0.4 is 24.7 Å². The Bertz CT molecular complexity index is 3840. The van der Waals surface area contributed by atoms with Crippen LogP contribution in [0.5, 0.6) is 11.5 Å². The minimum Gasteiger partial charge on any atom is -0.537 e. The van der Waals surface area contributed by atoms with E-state index in [0.717, 1.165) is 76.7 Å². The second-order valence-corrected chi connectivity index (χ2v) is 28.1. The van der Waals surface area contributed by atoms with Crippen LogP contribution in [0.1, 0.15) is 78.5 Å². The Labute approximate surface area is 505 Å². The molecule has 3 N–H and O–H groups in total. The molecule has 0 aromatic heterocycles. The first-order chi connectivity index (χ1) is 40.9. The van der Waals surface area contributed by atoms with E-state index in [9.17, 15) is 19.6 Å². The number of nitrogens with one attached hydrogen (secondary N) is 1. The lowest BCUT2D eigenvalue weighted by Crippen LogP contribution is -2.49. The summed E-state index contributed by atoms with van der Waals surface area (Å²) in [6, 6.07) is 45.4. The zero-order chi connectivity index (χ0) is 60.5. The second kappa shape index (κ2) is 27.5. The maximum absolute atomic E-state index is 12.8. The van der Waals surface area contributed by atoms with Gasteiger partial charge in [0.25, 0.3) is 0 Å². The number of fused-ring (bicyclic) bond motifs is 4. The van der Waals surface area contributed by atoms with E-state index in [4.69, 9.17) is 9.31 Å². The number of hydrogen-bond donors (Lipinski definition) is 3. The largest absolute Gasteiger partial charge is 0.569 e. The summed E-state index contributed by atoms with van der Waals surface area (Å²) in [5.74, 6) is 1.04. The lowest BCUT2D eigenvalue weighted by atomic mass is 9.86. The van der Waals surface area contributed by atoms with E-state index >= 15 is 0 Å². The van der Waals surface area contributed by atoms with Gasteiger partial charge in [-0.3, -0.25) is 19.4 Å². The Morgan fingerprint density at radius 1 is 0.647 bits per heavy atom. The summed E-state index contributed by atoms with van der Waals surface area (Å²) in [4.78, 5) is 32.6. The lowest BCUT2D eigenvalue weighted by Gasteiger charge is -2.38. The number of Topliss-reactive ketones (excluding diaryl/α,β-unsaturated/α-hetero) is 1. The number of anilines is 1. The fraction of sp³-hybridized carbons (Fsp3) is 0.282. The van der Waals surface area contributed by atoms with Crippen molar-refractivity contribution in [3.8, 4) is 22.6 Å². The molecular formula is C71H80B2N5O6Si+. The van der Waals surface area contributed by atoms with Crippen molar-refractivity contribution in [3.05, 3.63) is 220 Å². The highest BCUT2D eigenvalue weighted by Crippen LogP contribution is 2.44. The highest BCUT2D eigenvalue weighted by atomic mass is 28.3. The molecule has 0 bridgehead atoms. The van der Waals surface area contributed by atoms with Gasteiger partial charge in [0.05, 0.1) is 0 Å². The first-order valence-corrected chi connectivity index (χ1v) is 32.4. The van der Waals surface area contributed by atoms with Gasteiger partial charge in [-0.15, -0.1) is 0 Å². The number of unbranched alkanes of at least 4 members (excludes halogenated alkanes) is 1. The maximum Gasteiger partial charge on any atom is 0.569 e. The van der Waals surface area contributed by atoms with Crippen molar-refractivity contribution in [1.29, 1.82) is 0 Å². The molecule has 0 saturated heterocycles. The van der Waals surface area contributed by atoms with Crippen molar-refractivity contribution in [2.75, 3.05) is 52.7 Å². The summed E-state index contributed by atoms with van der Waals surface area (Å²) in [7, 11) is 7.74. The van der Waals surface area contributed by atoms with Gasteiger partial charge in [-0.2, -0.15) is 0 Å². The van der Waals surface area contributed by atoms with E-state index in [1.54, 1.807) is 13.8 Å². The third-order valence-corrected chi connectivity index (χ3v) is 20.2. The summed E-state index contributed by atoms with van der Waals surface area (Å²) in [6.07, 6.45) is 9.64. The van der Waals surface area contributed by atoms with E-state index < -0.39 is 8.07 Å². The summed E-state index contributed by atoms with van der Waals surface area (Å²) < 4.78 is 13.5. The number of carbonyl (C=O) groups is 2. The number of rotatable bonds is 26. The van der Waals surface area contributed by atoms with Gasteiger partial charge in [0.1, 0.15) is 33.7 Å². The first kappa shape index (κ1) is 61.7. The molecule has 2 radical (unpaired) electrons. The molecule has 1 aliphatic heterocycles. The monoisotopic (exact) mass is 1150 g/mol. The van der Waals surface area contributed by atoms with Gasteiger partial charge in [-0.05, 0) is 177 Å². The lowest BCUT2D eigenvalue weighted by molar-refractivity contribution is -0.462. The molecular weight excluding hydrogens is 1070 g/mol. The maximum atomic E-state index is 12.8. The number of carbonyl (C=O) groups excluding carboxylic acids is 2. The molecule has 1 amide bonds. The van der Waals surface area contributed by atoms with Crippen molar-refractivity contribution < 1.29 is 33.5 Å². The van der Waals surface area contributed by atoms with E-state index in [1.807, 2.05) is 48.5 Å². The van der Waals surface area contributed by atoms with Crippen LogP contribution in [0, 0.1) is 6.92 Å². The zero-order valence-electron chi connectivity index (χ0n) is 51.0. The van der Waals surface area contributed by atoms with Crippen LogP contribution >= 0.6 is 0 Å². The molecule has 7 aromatic rings. The molecule has 2 aliphatic rings. The van der Waals surface area contributed by atoms with Crippen LogP contribution in [0.3, 0.4) is 0 Å². The molecule has 9 rings (SSSR count). The SMILES string of the molecule is C=C(C)C(=O)CCCCN(Cc1ccccc1O[B]O)Cc1c2ccccc2c(CN(CCCNC(=O)C(=C)C)Cc2ccccc2O[B]O)c2ccc(-c3cc(C)cc(C4=C5C=CC(=[N+](C)C)C=C5[Si](C)(C)c5cc(N(C)C)ccc54)c3)cc12. The molecule has 0 atom stereocenters. The zero-order valence-corrected chi connectivity index (χ0v) is 52.0. The number of para-hydroxylation sites is 2. The summed E-state index contributed by atoms with van der Waals surface area (Å²) in [5.41, 5.74) is 16.0. The molecule has 7 aromatic carbocycles. The highest BCUT2D eigenvalue weighted by Gasteiger charge is 2.40. The van der Waals surface area contributed by atoms with Gasteiger partial charge < -0.3 is 29.6 Å². The van der Waals surface area contributed by atoms with Crippen molar-refractivity contribution in [1.82, 2.24) is 15.1 Å². The molecule has 0 spiro atoms. The Morgan fingerprint density at radius 3 is 1.84 bits per heavy atom. The molecule has 0 unspecified atom stereocenters. The number of aryl methyl sites for hydroxylation is 1. The van der Waals surface area contributed by atoms with E-state index in [-0.39, 0.29) is 11.7 Å². The fourth-order valence-corrected chi connectivity index (χ4v) is 15.2. The average molecular weight is 1150 g/mol. The molecule has 0 fully saturated rings. The molecule has 85 heavy (non-hydrogen) atoms. The van der Waals surface area contributed by atoms with Crippen LogP contribution in [0.4, 0.5) is 5.69 Å². The fourth-order valence-electron chi connectivity index (χ4n) is 12.1. The number of hydrogen-bond acceptors (Lipinski definition) is 9. The third-order valence-electron chi connectivity index (χ3n) is 16.7. The van der Waals surface area contributed by atoms with Gasteiger partial charge in [0.2, 0.25) is 5.91 Å². The Morgan fingerprint density at radius 2 is 1.24 bits per heavy atom. The first-order valence-electron chi connectivity index (χ1n) is 29.4. The molecule has 434 valence electrons. The molecule has 11 nitrogen and oxygen atoms in total. The minimum absolute atomic E-state index is 0.0783. The van der Waals surface area contributed by atoms with E-state index in [1.165, 1.54) is 49.6 Å². The standard InChI is InChI=1S/C71H79B2N5O6Si/c1-47(2)65(79)25-18-19-35-77(43-51-21-12-16-26-66(51)83-72-81)46-64-58-24-15-14-23-57(58)63(45-78(36-20-34-74-71(80)48(3)4)44-52-22-13-17-27-67(52)84-73-82)59-31-28-50(40-62(59)64)53-37-49(5)38-54(39-53)70-60-32-29-55(75(6)7)41-68(60)85(10,11)69-42-56(76(8)9)30-33-61(69)70/h12-17,21-24,26-33,37-42,81-82H,1,3,18-20,25,34-36,43-46H2,2,4-11H3/p+1. The number of benzene rings is 7. The molecule has 14 heteroatoms. The number of nitrogens with zero attached hydrogens (tertiary/aromatic N) is 4. The third kappa shape index (κ3) is 14.1. The Hall–Kier alpha value is -7.84. The Balaban J connectivity index is 1.24. The highest BCUT2D eigenvalue weighted by molar-refractivity contribution is 6.98. The normalized spacial score (nSPS) is 13.4. The van der Waals surface area contributed by atoms with Gasteiger partial charge in [-0.25, -0.2) is 4.58 Å². The van der Waals surface area contributed by atoms with Gasteiger partial charge in [0, 0.05) is 94.3 Å². The van der Waals surface area contributed by atoms with Crippen LogP contribution in [-0.4, -0.2) is 113 Å². The smallest absolute Gasteiger partial charge is 0.537 e. The van der Waals surface area contributed by atoms with Gasteiger partial charge in [-0.1, -0.05) is 117 Å². The van der Waals surface area contributed by atoms with Crippen LogP contribution in [-0.2, 0) is 35.8 Å². The number of amides is 1. The van der Waals surface area contributed by atoms with E-state index in [0.29, 0.717) is 87.7 Å². The second-order valence-electron chi connectivity index (χ2n) is 23.7. The van der Waals surface area contributed by atoms with Crippen LogP contribution in [0.15, 0.2) is 181 Å². The molecule has 1 heterocycles. The topological polar surface area (TPSA) is 118 Å². The van der Waals surface area contributed by atoms with Crippen molar-refractivity contribution in [3.63, 3.8) is 0 Å². The summed E-state index contributed by atoms with van der Waals surface area (Å²) in [6.45, 7) is 22.4. The summed E-state index contributed by atoms with van der Waals surface area (Å²) in [5, 5.41) is 30.1.